The van der Waals surface area contributed by atoms with E-state index in [2.05, 4.69) is 30.7 Å². The van der Waals surface area contributed by atoms with Gasteiger partial charge in [-0.1, -0.05) is 0 Å². The third kappa shape index (κ3) is 3.25. The van der Waals surface area contributed by atoms with Crippen molar-refractivity contribution in [1.82, 2.24) is 14.7 Å². The summed E-state index contributed by atoms with van der Waals surface area (Å²) in [7, 11) is 2.15. The molecule has 21 heavy (non-hydrogen) atoms. The SMILES string of the molecule is CC(C)N1CCN(C(=O)CC2CC3(CO2)CN(C)C3)CC1. The molecule has 3 saturated heterocycles. The van der Waals surface area contributed by atoms with Crippen molar-refractivity contribution in [3.05, 3.63) is 0 Å². The van der Waals surface area contributed by atoms with Crippen molar-refractivity contribution in [1.29, 1.82) is 0 Å². The zero-order valence-electron chi connectivity index (χ0n) is 13.7. The summed E-state index contributed by atoms with van der Waals surface area (Å²) in [6.07, 6.45) is 1.79. The smallest absolute Gasteiger partial charge is 0.225 e. The maximum Gasteiger partial charge on any atom is 0.225 e. The molecule has 3 heterocycles. The van der Waals surface area contributed by atoms with E-state index in [1.807, 2.05) is 4.90 Å². The minimum Gasteiger partial charge on any atom is -0.377 e. The molecule has 3 fully saturated rings. The lowest BCUT2D eigenvalue weighted by molar-refractivity contribution is -0.135. The highest BCUT2D eigenvalue weighted by atomic mass is 16.5. The van der Waals surface area contributed by atoms with E-state index in [1.54, 1.807) is 0 Å². The molecular formula is C16H29N3O2. The van der Waals surface area contributed by atoms with Gasteiger partial charge in [0.05, 0.1) is 19.1 Å². The summed E-state index contributed by atoms with van der Waals surface area (Å²) in [6.45, 7) is 11.3. The second-order valence-corrected chi connectivity index (χ2v) is 7.52. The summed E-state index contributed by atoms with van der Waals surface area (Å²) in [6, 6.07) is 0.580. The Morgan fingerprint density at radius 2 is 1.90 bits per heavy atom. The number of rotatable bonds is 3. The Morgan fingerprint density at radius 3 is 2.48 bits per heavy atom. The highest BCUT2D eigenvalue weighted by molar-refractivity contribution is 5.76. The van der Waals surface area contributed by atoms with E-state index in [0.29, 0.717) is 17.9 Å². The topological polar surface area (TPSA) is 36.0 Å². The van der Waals surface area contributed by atoms with Gasteiger partial charge in [-0.25, -0.2) is 0 Å². The van der Waals surface area contributed by atoms with Crippen LogP contribution >= 0.6 is 0 Å². The Hall–Kier alpha value is -0.650. The van der Waals surface area contributed by atoms with Crippen molar-refractivity contribution in [3.8, 4) is 0 Å². The van der Waals surface area contributed by atoms with Gasteiger partial charge in [-0.05, 0) is 27.3 Å². The molecule has 5 nitrogen and oxygen atoms in total. The van der Waals surface area contributed by atoms with Crippen LogP contribution in [0.4, 0.5) is 0 Å². The van der Waals surface area contributed by atoms with Gasteiger partial charge in [-0.15, -0.1) is 0 Å². The minimum atomic E-state index is 0.148. The van der Waals surface area contributed by atoms with Crippen molar-refractivity contribution in [3.63, 3.8) is 0 Å². The van der Waals surface area contributed by atoms with Crippen LogP contribution in [0, 0.1) is 5.41 Å². The number of nitrogens with zero attached hydrogens (tertiary/aromatic N) is 3. The molecule has 0 radical (unpaired) electrons. The molecule has 0 aromatic heterocycles. The Labute approximate surface area is 128 Å². The van der Waals surface area contributed by atoms with Crippen molar-refractivity contribution < 1.29 is 9.53 Å². The van der Waals surface area contributed by atoms with Crippen molar-refractivity contribution in [2.75, 3.05) is 52.9 Å². The summed E-state index contributed by atoms with van der Waals surface area (Å²) in [5.41, 5.74) is 0.357. The summed E-state index contributed by atoms with van der Waals surface area (Å²) >= 11 is 0. The fraction of sp³-hybridized carbons (Fsp3) is 0.938. The number of ether oxygens (including phenoxy) is 1. The fourth-order valence-electron chi connectivity index (χ4n) is 4.16. The van der Waals surface area contributed by atoms with Gasteiger partial charge in [-0.3, -0.25) is 9.69 Å². The Kier molecular flexibility index (Phi) is 4.26. The number of piperazine rings is 1. The van der Waals surface area contributed by atoms with Gasteiger partial charge in [0, 0.05) is 50.7 Å². The molecule has 3 aliphatic heterocycles. The van der Waals surface area contributed by atoms with Gasteiger partial charge < -0.3 is 14.5 Å². The fourth-order valence-corrected chi connectivity index (χ4v) is 4.16. The first-order valence-electron chi connectivity index (χ1n) is 8.29. The molecule has 0 aromatic rings. The largest absolute Gasteiger partial charge is 0.377 e. The molecule has 1 atom stereocenters. The first kappa shape index (κ1) is 15.3. The van der Waals surface area contributed by atoms with E-state index in [1.165, 1.54) is 0 Å². The number of carbonyl (C=O) groups is 1. The summed E-state index contributed by atoms with van der Waals surface area (Å²) < 4.78 is 5.90. The number of likely N-dealkylation sites (tertiary alicyclic amines) is 1. The maximum absolute atomic E-state index is 12.4. The molecule has 1 unspecified atom stereocenters. The Morgan fingerprint density at radius 1 is 1.24 bits per heavy atom. The van der Waals surface area contributed by atoms with E-state index in [0.717, 1.165) is 52.3 Å². The highest BCUT2D eigenvalue weighted by Crippen LogP contribution is 2.41. The number of hydrogen-bond acceptors (Lipinski definition) is 4. The molecule has 0 N–H and O–H groups in total. The molecular weight excluding hydrogens is 266 g/mol. The second kappa shape index (κ2) is 5.86. The predicted molar refractivity (Wildman–Crippen MR) is 82.2 cm³/mol. The first-order chi connectivity index (χ1) is 9.97. The van der Waals surface area contributed by atoms with E-state index in [-0.39, 0.29) is 12.0 Å². The van der Waals surface area contributed by atoms with Crippen molar-refractivity contribution >= 4 is 5.91 Å². The maximum atomic E-state index is 12.4. The standard InChI is InChI=1S/C16H29N3O2/c1-13(2)18-4-6-19(7-5-18)15(20)8-14-9-16(12-21-14)10-17(3)11-16/h13-14H,4-12H2,1-3H3. The van der Waals surface area contributed by atoms with Crippen molar-refractivity contribution in [2.45, 2.75) is 38.8 Å². The Bertz CT molecular complexity index is 385. The number of amides is 1. The lowest BCUT2D eigenvalue weighted by Crippen LogP contribution is -2.54. The van der Waals surface area contributed by atoms with Crippen molar-refractivity contribution in [2.24, 2.45) is 5.41 Å². The molecule has 0 bridgehead atoms. The average molecular weight is 295 g/mol. The minimum absolute atomic E-state index is 0.148. The van der Waals surface area contributed by atoms with Crippen LogP contribution in [0.15, 0.2) is 0 Å². The normalized spacial score (nSPS) is 30.1. The molecule has 0 aliphatic carbocycles. The van der Waals surface area contributed by atoms with E-state index in [9.17, 15) is 4.79 Å². The third-order valence-electron chi connectivity index (χ3n) is 5.30. The van der Waals surface area contributed by atoms with Crippen LogP contribution in [0.5, 0.6) is 0 Å². The highest BCUT2D eigenvalue weighted by Gasteiger charge is 2.48. The molecule has 120 valence electrons. The van der Waals surface area contributed by atoms with Gasteiger partial charge >= 0.3 is 0 Å². The van der Waals surface area contributed by atoms with Gasteiger partial charge in [0.2, 0.25) is 5.91 Å². The molecule has 0 aromatic carbocycles. The lowest BCUT2D eigenvalue weighted by Gasteiger charge is -2.45. The molecule has 0 saturated carbocycles. The summed E-state index contributed by atoms with van der Waals surface area (Å²) in [4.78, 5) is 19.2. The predicted octanol–water partition coefficient (Wildman–Crippen LogP) is 0.650. The summed E-state index contributed by atoms with van der Waals surface area (Å²) in [5.74, 6) is 0.285. The van der Waals surface area contributed by atoms with Gasteiger partial charge in [0.15, 0.2) is 0 Å². The molecule has 3 rings (SSSR count). The second-order valence-electron chi connectivity index (χ2n) is 7.52. The molecule has 5 heteroatoms. The van der Waals surface area contributed by atoms with Crippen LogP contribution in [0.25, 0.3) is 0 Å². The van der Waals surface area contributed by atoms with Crippen LogP contribution < -0.4 is 0 Å². The van der Waals surface area contributed by atoms with E-state index >= 15 is 0 Å². The van der Waals surface area contributed by atoms with E-state index < -0.39 is 0 Å². The quantitative estimate of drug-likeness (QED) is 0.766. The van der Waals surface area contributed by atoms with Gasteiger partial charge in [0.25, 0.3) is 0 Å². The lowest BCUT2D eigenvalue weighted by atomic mass is 9.78. The number of hydrogen-bond donors (Lipinski definition) is 0. The van der Waals surface area contributed by atoms with Crippen LogP contribution in [-0.2, 0) is 9.53 Å². The van der Waals surface area contributed by atoms with Gasteiger partial charge in [0.1, 0.15) is 0 Å². The van der Waals surface area contributed by atoms with E-state index in [4.69, 9.17) is 4.74 Å². The van der Waals surface area contributed by atoms with Crippen LogP contribution in [0.2, 0.25) is 0 Å². The third-order valence-corrected chi connectivity index (χ3v) is 5.30. The monoisotopic (exact) mass is 295 g/mol. The zero-order valence-corrected chi connectivity index (χ0v) is 13.7. The van der Waals surface area contributed by atoms with Crippen LogP contribution in [-0.4, -0.2) is 85.7 Å². The first-order valence-corrected chi connectivity index (χ1v) is 8.29. The number of carbonyl (C=O) groups excluding carboxylic acids is 1. The zero-order chi connectivity index (χ0) is 15.0. The molecule has 1 amide bonds. The van der Waals surface area contributed by atoms with Crippen LogP contribution in [0.3, 0.4) is 0 Å². The van der Waals surface area contributed by atoms with Crippen LogP contribution in [0.1, 0.15) is 26.7 Å². The molecule has 1 spiro atoms. The summed E-state index contributed by atoms with van der Waals surface area (Å²) in [5, 5.41) is 0. The molecule has 3 aliphatic rings. The average Bonchev–Trinajstić information content (AvgIpc) is 2.82. The van der Waals surface area contributed by atoms with Gasteiger partial charge in [-0.2, -0.15) is 0 Å². The Balaban J connectivity index is 1.43.